The number of rotatable bonds is 43. The first-order chi connectivity index (χ1) is 29.5. The Morgan fingerprint density at radius 2 is 0.869 bits per heavy atom. The molecule has 0 saturated heterocycles. The van der Waals surface area contributed by atoms with Crippen LogP contribution in [0.15, 0.2) is 12.2 Å². The molecule has 12 nitrogen and oxygen atoms in total. The molecule has 6 N–H and O–H groups in total. The van der Waals surface area contributed by atoms with Crippen molar-refractivity contribution in [2.45, 2.75) is 268 Å². The molecular formula is C48H93O12P. The van der Waals surface area contributed by atoms with Gasteiger partial charge in [-0.05, 0) is 38.5 Å². The molecule has 6 unspecified atom stereocenters. The van der Waals surface area contributed by atoms with Gasteiger partial charge in [-0.25, -0.2) is 4.57 Å². The molecule has 0 aliphatic heterocycles. The second-order valence-electron chi connectivity index (χ2n) is 17.7. The SMILES string of the molecule is CCCCCCCCC/C=C\CCCCCCCC(=O)OC(COCCCCCCCCCCCCCCCCCCCC)COP(=O)(O)OC1C(O)C(O)C(O)C(O)C1O. The fourth-order valence-corrected chi connectivity index (χ4v) is 8.85. The minimum atomic E-state index is -5.02. The van der Waals surface area contributed by atoms with Crippen LogP contribution >= 0.6 is 7.82 Å². The maximum absolute atomic E-state index is 12.8. The number of phosphoric ester groups is 1. The lowest BCUT2D eigenvalue weighted by Gasteiger charge is -2.41. The molecule has 1 aliphatic carbocycles. The van der Waals surface area contributed by atoms with E-state index >= 15 is 0 Å². The van der Waals surface area contributed by atoms with Crippen LogP contribution < -0.4 is 0 Å². The van der Waals surface area contributed by atoms with Gasteiger partial charge < -0.3 is 39.9 Å². The highest BCUT2D eigenvalue weighted by molar-refractivity contribution is 7.47. The van der Waals surface area contributed by atoms with E-state index in [1.165, 1.54) is 141 Å². The number of carbonyl (C=O) groups excluding carboxylic acids is 1. The van der Waals surface area contributed by atoms with Crippen LogP contribution in [-0.4, -0.2) is 98.9 Å². The summed E-state index contributed by atoms with van der Waals surface area (Å²) >= 11 is 0. The molecule has 362 valence electrons. The van der Waals surface area contributed by atoms with Crippen molar-refractivity contribution in [3.63, 3.8) is 0 Å². The van der Waals surface area contributed by atoms with E-state index in [4.69, 9.17) is 18.5 Å². The number of aliphatic hydroxyl groups is 5. The molecule has 0 spiro atoms. The largest absolute Gasteiger partial charge is 0.472 e. The van der Waals surface area contributed by atoms with Gasteiger partial charge in [-0.1, -0.05) is 193 Å². The Kier molecular flexibility index (Phi) is 37.6. The maximum Gasteiger partial charge on any atom is 0.472 e. The molecule has 0 bridgehead atoms. The fourth-order valence-electron chi connectivity index (χ4n) is 7.88. The Hall–Kier alpha value is -0.920. The van der Waals surface area contributed by atoms with E-state index < -0.39 is 63.1 Å². The summed E-state index contributed by atoms with van der Waals surface area (Å²) < 4.78 is 34.3. The molecule has 0 aromatic carbocycles. The summed E-state index contributed by atoms with van der Waals surface area (Å²) in [6.07, 6.45) is 31.3. The number of hydrogen-bond acceptors (Lipinski definition) is 11. The van der Waals surface area contributed by atoms with Crippen molar-refractivity contribution < 1.29 is 58.3 Å². The molecule has 0 radical (unpaired) electrons. The van der Waals surface area contributed by atoms with Crippen molar-refractivity contribution in [2.75, 3.05) is 19.8 Å². The zero-order valence-electron chi connectivity index (χ0n) is 38.7. The van der Waals surface area contributed by atoms with E-state index in [0.717, 1.165) is 57.8 Å². The van der Waals surface area contributed by atoms with E-state index in [2.05, 4.69) is 26.0 Å². The Bertz CT molecular complexity index is 1060. The number of unbranched alkanes of at least 4 members (excludes halogenated alkanes) is 29. The van der Waals surface area contributed by atoms with Crippen molar-refractivity contribution in [1.82, 2.24) is 0 Å². The molecule has 6 atom stereocenters. The van der Waals surface area contributed by atoms with Gasteiger partial charge in [0, 0.05) is 13.0 Å². The van der Waals surface area contributed by atoms with Crippen molar-refractivity contribution in [3.05, 3.63) is 12.2 Å². The van der Waals surface area contributed by atoms with Crippen LogP contribution in [0.4, 0.5) is 0 Å². The van der Waals surface area contributed by atoms with Crippen LogP contribution in [0, 0.1) is 0 Å². The number of aliphatic hydroxyl groups excluding tert-OH is 5. The van der Waals surface area contributed by atoms with Crippen molar-refractivity contribution in [2.24, 2.45) is 0 Å². The number of carbonyl (C=O) groups is 1. The third-order valence-electron chi connectivity index (χ3n) is 11.9. The summed E-state index contributed by atoms with van der Waals surface area (Å²) in [4.78, 5) is 23.2. The average Bonchev–Trinajstić information content (AvgIpc) is 3.24. The highest BCUT2D eigenvalue weighted by atomic mass is 31.2. The molecule has 1 aliphatic rings. The topological polar surface area (TPSA) is 192 Å². The lowest BCUT2D eigenvalue weighted by atomic mass is 9.85. The van der Waals surface area contributed by atoms with Gasteiger partial charge in [0.05, 0.1) is 13.2 Å². The summed E-state index contributed by atoms with van der Waals surface area (Å²) in [6, 6.07) is 0. The summed E-state index contributed by atoms with van der Waals surface area (Å²) in [6.45, 7) is 4.29. The van der Waals surface area contributed by atoms with Gasteiger partial charge in [-0.3, -0.25) is 13.8 Å². The van der Waals surface area contributed by atoms with E-state index in [1.54, 1.807) is 0 Å². The van der Waals surface area contributed by atoms with E-state index in [-0.39, 0.29) is 13.0 Å². The van der Waals surface area contributed by atoms with E-state index in [0.29, 0.717) is 13.0 Å². The molecule has 61 heavy (non-hydrogen) atoms. The Labute approximate surface area is 371 Å². The summed E-state index contributed by atoms with van der Waals surface area (Å²) in [5, 5.41) is 50.2. The smallest absolute Gasteiger partial charge is 0.457 e. The minimum Gasteiger partial charge on any atom is -0.457 e. The zero-order valence-corrected chi connectivity index (χ0v) is 39.6. The van der Waals surface area contributed by atoms with Gasteiger partial charge in [0.15, 0.2) is 0 Å². The lowest BCUT2D eigenvalue weighted by Crippen LogP contribution is -2.64. The first kappa shape index (κ1) is 58.1. The Balaban J connectivity index is 2.35. The van der Waals surface area contributed by atoms with Crippen LogP contribution in [0.25, 0.3) is 0 Å². The number of esters is 1. The van der Waals surface area contributed by atoms with Crippen molar-refractivity contribution in [3.8, 4) is 0 Å². The van der Waals surface area contributed by atoms with Gasteiger partial charge in [0.2, 0.25) is 0 Å². The fraction of sp³-hybridized carbons (Fsp3) is 0.938. The van der Waals surface area contributed by atoms with Gasteiger partial charge in [0.1, 0.15) is 42.7 Å². The number of hydrogen-bond donors (Lipinski definition) is 6. The summed E-state index contributed by atoms with van der Waals surface area (Å²) in [5.41, 5.74) is 0. The third-order valence-corrected chi connectivity index (χ3v) is 12.9. The first-order valence-corrected chi connectivity index (χ1v) is 26.5. The van der Waals surface area contributed by atoms with Crippen LogP contribution in [-0.2, 0) is 27.9 Å². The maximum atomic E-state index is 12.8. The molecule has 0 aromatic heterocycles. The van der Waals surface area contributed by atoms with E-state index in [9.17, 15) is 39.8 Å². The second-order valence-corrected chi connectivity index (χ2v) is 19.1. The third kappa shape index (κ3) is 31.6. The molecule has 1 saturated carbocycles. The zero-order chi connectivity index (χ0) is 44.8. The second kappa shape index (κ2) is 39.4. The molecular weight excluding hydrogens is 799 g/mol. The highest BCUT2D eigenvalue weighted by Crippen LogP contribution is 2.47. The van der Waals surface area contributed by atoms with Crippen molar-refractivity contribution in [1.29, 1.82) is 0 Å². The molecule has 1 fully saturated rings. The molecule has 0 amide bonds. The highest BCUT2D eigenvalue weighted by Gasteiger charge is 2.51. The molecule has 0 heterocycles. The van der Waals surface area contributed by atoms with Crippen LogP contribution in [0.2, 0.25) is 0 Å². The quantitative estimate of drug-likeness (QED) is 0.0147. The monoisotopic (exact) mass is 893 g/mol. The number of allylic oxidation sites excluding steroid dienone is 2. The average molecular weight is 893 g/mol. The Morgan fingerprint density at radius 3 is 1.30 bits per heavy atom. The number of ether oxygens (including phenoxy) is 2. The normalized spacial score (nSPS) is 22.2. The predicted octanol–water partition coefficient (Wildman–Crippen LogP) is 10.7. The summed E-state index contributed by atoms with van der Waals surface area (Å²) in [7, 11) is -5.02. The van der Waals surface area contributed by atoms with Gasteiger partial charge in [0.25, 0.3) is 0 Å². The summed E-state index contributed by atoms with van der Waals surface area (Å²) in [5.74, 6) is -0.481. The predicted molar refractivity (Wildman–Crippen MR) is 244 cm³/mol. The first-order valence-electron chi connectivity index (χ1n) is 25.0. The Morgan fingerprint density at radius 1 is 0.508 bits per heavy atom. The van der Waals surface area contributed by atoms with Gasteiger partial charge in [-0.15, -0.1) is 0 Å². The van der Waals surface area contributed by atoms with Crippen molar-refractivity contribution >= 4 is 13.8 Å². The van der Waals surface area contributed by atoms with Gasteiger partial charge >= 0.3 is 13.8 Å². The minimum absolute atomic E-state index is 0.0739. The molecule has 13 heteroatoms. The van der Waals surface area contributed by atoms with Crippen LogP contribution in [0.1, 0.15) is 226 Å². The van der Waals surface area contributed by atoms with Crippen LogP contribution in [0.3, 0.4) is 0 Å². The number of phosphoric acid groups is 1. The standard InChI is InChI=1S/C48H93O12P/c1-3-5-7-9-11-13-15-17-19-21-22-24-26-28-30-32-34-36-38-57-39-41(40-58-61(55,56)60-48-46(53)44(51)43(50)45(52)47(48)54)59-42(49)37-35-33-31-29-27-25-23-20-18-16-14-12-10-8-6-4-2/h20,23,41,43-48,50-54H,3-19,21-22,24-40H2,1-2H3,(H,55,56)/b23-20-. The van der Waals surface area contributed by atoms with Gasteiger partial charge in [-0.2, -0.15) is 0 Å². The lowest BCUT2D eigenvalue weighted by molar-refractivity contribution is -0.220. The van der Waals surface area contributed by atoms with E-state index in [1.807, 2.05) is 0 Å². The molecule has 0 aromatic rings. The molecule has 1 rings (SSSR count). The van der Waals surface area contributed by atoms with Crippen LogP contribution in [0.5, 0.6) is 0 Å².